The molecule has 0 aliphatic heterocycles. The van der Waals surface area contributed by atoms with Crippen LogP contribution in [-0.2, 0) is 0 Å². The number of hydrogen-bond donors (Lipinski definition) is 1. The summed E-state index contributed by atoms with van der Waals surface area (Å²) in [5.74, 6) is 0. The lowest BCUT2D eigenvalue weighted by Gasteiger charge is -2.18. The first kappa shape index (κ1) is 13.8. The van der Waals surface area contributed by atoms with E-state index in [2.05, 4.69) is 68.3 Å². The second-order valence-corrected chi connectivity index (χ2v) is 5.15. The van der Waals surface area contributed by atoms with Crippen LogP contribution in [0.2, 0.25) is 0 Å². The topological polar surface area (TPSA) is 24.9 Å². The molecule has 1 atom stereocenters. The van der Waals surface area contributed by atoms with Crippen molar-refractivity contribution in [2.24, 2.45) is 0 Å². The molecule has 0 spiro atoms. The van der Waals surface area contributed by atoms with Crippen molar-refractivity contribution < 1.29 is 0 Å². The van der Waals surface area contributed by atoms with Crippen molar-refractivity contribution in [1.82, 2.24) is 10.3 Å². The first-order valence-electron chi connectivity index (χ1n) is 6.86. The Morgan fingerprint density at radius 1 is 1.32 bits per heavy atom. The molecule has 100 valence electrons. The van der Waals surface area contributed by atoms with Crippen molar-refractivity contribution in [3.8, 4) is 0 Å². The number of benzene rings is 1. The summed E-state index contributed by atoms with van der Waals surface area (Å²) >= 11 is 0. The van der Waals surface area contributed by atoms with Crippen LogP contribution in [0.1, 0.15) is 38.1 Å². The molecule has 1 unspecified atom stereocenters. The monoisotopic (exact) mass is 254 g/mol. The van der Waals surface area contributed by atoms with E-state index in [4.69, 9.17) is 0 Å². The molecule has 1 aromatic carbocycles. The number of nitrogens with one attached hydrogen (secondary N) is 1. The fourth-order valence-corrected chi connectivity index (χ4v) is 2.41. The minimum absolute atomic E-state index is 0.251. The molecule has 0 fully saturated rings. The lowest BCUT2D eigenvalue weighted by molar-refractivity contribution is 0.647. The van der Waals surface area contributed by atoms with Crippen LogP contribution < -0.4 is 5.32 Å². The van der Waals surface area contributed by atoms with E-state index in [0.29, 0.717) is 0 Å². The summed E-state index contributed by atoms with van der Waals surface area (Å²) in [6, 6.07) is 10.8. The van der Waals surface area contributed by atoms with E-state index >= 15 is 0 Å². The van der Waals surface area contributed by atoms with Gasteiger partial charge in [-0.05, 0) is 45.0 Å². The maximum absolute atomic E-state index is 4.61. The van der Waals surface area contributed by atoms with Gasteiger partial charge in [0.15, 0.2) is 0 Å². The van der Waals surface area contributed by atoms with Gasteiger partial charge in [0.1, 0.15) is 0 Å². The number of likely N-dealkylation sites (N-methyl/N-ethyl adjacent to an activating group) is 1. The molecular formula is C17H22N2. The smallest absolute Gasteiger partial charge is 0.0708 e. The lowest BCUT2D eigenvalue weighted by atomic mass is 9.99. The van der Waals surface area contributed by atoms with Crippen LogP contribution in [-0.4, -0.2) is 11.5 Å². The molecular weight excluding hydrogens is 232 g/mol. The SMILES string of the molecule is CCNC(C=C(C)C)c1cc(C)nc2ccccc12. The molecule has 0 bridgehead atoms. The van der Waals surface area contributed by atoms with Gasteiger partial charge in [-0.3, -0.25) is 4.98 Å². The third kappa shape index (κ3) is 3.21. The predicted octanol–water partition coefficient (Wildman–Crippen LogP) is 4.16. The average molecular weight is 254 g/mol. The van der Waals surface area contributed by atoms with Crippen LogP contribution in [0.15, 0.2) is 42.0 Å². The Morgan fingerprint density at radius 3 is 2.74 bits per heavy atom. The second kappa shape index (κ2) is 5.98. The lowest BCUT2D eigenvalue weighted by Crippen LogP contribution is -2.19. The molecule has 2 heteroatoms. The van der Waals surface area contributed by atoms with Gasteiger partial charge in [-0.1, -0.05) is 36.8 Å². The summed E-state index contributed by atoms with van der Waals surface area (Å²) in [4.78, 5) is 4.61. The van der Waals surface area contributed by atoms with Gasteiger partial charge >= 0.3 is 0 Å². The molecule has 0 saturated carbocycles. The summed E-state index contributed by atoms with van der Waals surface area (Å²) in [7, 11) is 0. The van der Waals surface area contributed by atoms with Gasteiger partial charge in [0.05, 0.1) is 11.6 Å². The van der Waals surface area contributed by atoms with Gasteiger partial charge in [-0.25, -0.2) is 0 Å². The van der Waals surface area contributed by atoms with Crippen LogP contribution in [0, 0.1) is 6.92 Å². The number of nitrogens with zero attached hydrogens (tertiary/aromatic N) is 1. The number of fused-ring (bicyclic) bond motifs is 1. The Kier molecular flexibility index (Phi) is 4.33. The van der Waals surface area contributed by atoms with Gasteiger partial charge in [-0.2, -0.15) is 0 Å². The third-order valence-electron chi connectivity index (χ3n) is 3.14. The van der Waals surface area contributed by atoms with Crippen molar-refractivity contribution in [1.29, 1.82) is 0 Å². The zero-order valence-electron chi connectivity index (χ0n) is 12.2. The van der Waals surface area contributed by atoms with E-state index in [0.717, 1.165) is 17.8 Å². The van der Waals surface area contributed by atoms with E-state index in [1.807, 2.05) is 6.07 Å². The standard InChI is InChI=1S/C17H22N2/c1-5-18-17(10-12(2)3)15-11-13(4)19-16-9-7-6-8-14(15)16/h6-11,17-18H,5H2,1-4H3. The number of pyridine rings is 1. The molecule has 19 heavy (non-hydrogen) atoms. The van der Waals surface area contributed by atoms with Gasteiger partial charge in [-0.15, -0.1) is 0 Å². The maximum atomic E-state index is 4.61. The third-order valence-corrected chi connectivity index (χ3v) is 3.14. The van der Waals surface area contributed by atoms with Crippen LogP contribution in [0.3, 0.4) is 0 Å². The average Bonchev–Trinajstić information content (AvgIpc) is 2.36. The van der Waals surface area contributed by atoms with E-state index in [9.17, 15) is 0 Å². The maximum Gasteiger partial charge on any atom is 0.0708 e. The molecule has 0 aliphatic carbocycles. The van der Waals surface area contributed by atoms with Crippen LogP contribution in [0.5, 0.6) is 0 Å². The predicted molar refractivity (Wildman–Crippen MR) is 82.3 cm³/mol. The molecule has 1 heterocycles. The van der Waals surface area contributed by atoms with E-state index in [1.165, 1.54) is 16.5 Å². The molecule has 1 aromatic heterocycles. The van der Waals surface area contributed by atoms with Gasteiger partial charge in [0, 0.05) is 11.1 Å². The Balaban J connectivity index is 2.61. The molecule has 0 radical (unpaired) electrons. The Hall–Kier alpha value is -1.67. The van der Waals surface area contributed by atoms with Gasteiger partial charge < -0.3 is 5.32 Å². The summed E-state index contributed by atoms with van der Waals surface area (Å²) in [6.07, 6.45) is 2.28. The number of hydrogen-bond acceptors (Lipinski definition) is 2. The minimum atomic E-state index is 0.251. The highest BCUT2D eigenvalue weighted by Crippen LogP contribution is 2.25. The Labute approximate surface area is 115 Å². The number of rotatable bonds is 4. The molecule has 0 amide bonds. The highest BCUT2D eigenvalue weighted by molar-refractivity contribution is 5.83. The number of para-hydroxylation sites is 1. The molecule has 2 aromatic rings. The normalized spacial score (nSPS) is 12.4. The number of allylic oxidation sites excluding steroid dienone is 1. The quantitative estimate of drug-likeness (QED) is 0.829. The molecule has 0 aliphatic rings. The van der Waals surface area contributed by atoms with Crippen molar-refractivity contribution >= 4 is 10.9 Å². The summed E-state index contributed by atoms with van der Waals surface area (Å²) in [5.41, 5.74) is 4.77. The van der Waals surface area contributed by atoms with Crippen molar-refractivity contribution in [3.05, 3.63) is 53.2 Å². The van der Waals surface area contributed by atoms with E-state index in [-0.39, 0.29) is 6.04 Å². The minimum Gasteiger partial charge on any atom is -0.307 e. The van der Waals surface area contributed by atoms with Gasteiger partial charge in [0.25, 0.3) is 0 Å². The highest BCUT2D eigenvalue weighted by atomic mass is 14.9. The summed E-state index contributed by atoms with van der Waals surface area (Å²) in [6.45, 7) is 9.43. The fraction of sp³-hybridized carbons (Fsp3) is 0.353. The van der Waals surface area contributed by atoms with Crippen LogP contribution >= 0.6 is 0 Å². The highest BCUT2D eigenvalue weighted by Gasteiger charge is 2.12. The van der Waals surface area contributed by atoms with Crippen molar-refractivity contribution in [3.63, 3.8) is 0 Å². The van der Waals surface area contributed by atoms with E-state index < -0.39 is 0 Å². The fourth-order valence-electron chi connectivity index (χ4n) is 2.41. The Morgan fingerprint density at radius 2 is 2.05 bits per heavy atom. The van der Waals surface area contributed by atoms with Gasteiger partial charge in [0.2, 0.25) is 0 Å². The van der Waals surface area contributed by atoms with Crippen LogP contribution in [0.4, 0.5) is 0 Å². The zero-order valence-corrected chi connectivity index (χ0v) is 12.2. The Bertz CT molecular complexity index is 595. The molecule has 2 rings (SSSR count). The first-order chi connectivity index (χ1) is 9.11. The zero-order chi connectivity index (χ0) is 13.8. The van der Waals surface area contributed by atoms with Crippen molar-refractivity contribution in [2.75, 3.05) is 6.54 Å². The summed E-state index contributed by atoms with van der Waals surface area (Å²) in [5, 5.41) is 4.78. The van der Waals surface area contributed by atoms with E-state index in [1.54, 1.807) is 0 Å². The second-order valence-electron chi connectivity index (χ2n) is 5.15. The molecule has 2 nitrogen and oxygen atoms in total. The number of aromatic nitrogens is 1. The number of aryl methyl sites for hydroxylation is 1. The molecule has 1 N–H and O–H groups in total. The van der Waals surface area contributed by atoms with Crippen molar-refractivity contribution in [2.45, 2.75) is 33.7 Å². The summed E-state index contributed by atoms with van der Waals surface area (Å²) < 4.78 is 0. The largest absolute Gasteiger partial charge is 0.307 e. The first-order valence-corrected chi connectivity index (χ1v) is 6.86. The van der Waals surface area contributed by atoms with Crippen LogP contribution in [0.25, 0.3) is 10.9 Å². The molecule has 0 saturated heterocycles.